The number of hydrogen-bond donors (Lipinski definition) is 2. The van der Waals surface area contributed by atoms with Gasteiger partial charge in [0.05, 0.1) is 25.0 Å². The molecule has 0 bridgehead atoms. The van der Waals surface area contributed by atoms with Gasteiger partial charge in [0.2, 0.25) is 5.91 Å². The minimum Gasteiger partial charge on any atom is -0.460 e. The monoisotopic (exact) mass is 581 g/mol. The van der Waals surface area contributed by atoms with Gasteiger partial charge >= 0.3 is 5.97 Å². The lowest BCUT2D eigenvalue weighted by Crippen LogP contribution is -2.59. The highest BCUT2D eigenvalue weighted by Gasteiger charge is 2.49. The summed E-state index contributed by atoms with van der Waals surface area (Å²) >= 11 is 0. The lowest BCUT2D eigenvalue weighted by Gasteiger charge is -2.39. The third kappa shape index (κ3) is 7.00. The fourth-order valence-corrected chi connectivity index (χ4v) is 6.14. The largest absolute Gasteiger partial charge is 0.460 e. The molecule has 0 radical (unpaired) electrons. The maximum atomic E-state index is 14.5. The first-order chi connectivity index (χ1) is 20.5. The second kappa shape index (κ2) is 12.3. The summed E-state index contributed by atoms with van der Waals surface area (Å²) in [7, 11) is 0. The Hall–Kier alpha value is -3.94. The van der Waals surface area contributed by atoms with E-state index in [9.17, 15) is 9.59 Å². The number of benzene rings is 3. The van der Waals surface area contributed by atoms with E-state index in [-0.39, 0.29) is 18.4 Å². The molecule has 2 heterocycles. The molecule has 7 heteroatoms. The zero-order chi connectivity index (χ0) is 30.7. The molecule has 3 atom stereocenters. The summed E-state index contributed by atoms with van der Waals surface area (Å²) in [6.07, 6.45) is 4.54. The third-order valence-corrected chi connectivity index (χ3v) is 8.27. The van der Waals surface area contributed by atoms with E-state index in [1.165, 1.54) is 0 Å². The molecule has 1 fully saturated rings. The van der Waals surface area contributed by atoms with Gasteiger partial charge < -0.3 is 14.8 Å². The first-order valence-electron chi connectivity index (χ1n) is 15.0. The highest BCUT2D eigenvalue weighted by molar-refractivity contribution is 5.86. The number of nitrogens with one attached hydrogen (secondary N) is 2. The van der Waals surface area contributed by atoms with Crippen molar-refractivity contribution in [3.05, 3.63) is 108 Å². The molecule has 226 valence electrons. The van der Waals surface area contributed by atoms with Crippen molar-refractivity contribution in [2.75, 3.05) is 13.2 Å². The van der Waals surface area contributed by atoms with Gasteiger partial charge in [-0.25, -0.2) is 0 Å². The molecule has 3 aromatic carbocycles. The Morgan fingerprint density at radius 1 is 0.977 bits per heavy atom. The van der Waals surface area contributed by atoms with Crippen LogP contribution < -0.4 is 10.7 Å². The molecule has 43 heavy (non-hydrogen) atoms. The Balaban J connectivity index is 1.47. The highest BCUT2D eigenvalue weighted by atomic mass is 16.6. The van der Waals surface area contributed by atoms with Gasteiger partial charge in [0, 0.05) is 12.0 Å². The van der Waals surface area contributed by atoms with E-state index in [0.717, 1.165) is 28.7 Å². The van der Waals surface area contributed by atoms with Crippen LogP contribution in [0.25, 0.3) is 11.1 Å². The fourth-order valence-electron chi connectivity index (χ4n) is 6.14. The number of carbonyl (C=O) groups is 2. The van der Waals surface area contributed by atoms with E-state index in [4.69, 9.17) is 9.47 Å². The lowest BCUT2D eigenvalue weighted by molar-refractivity contribution is -0.159. The SMILES string of the molecule is CC(C)(C)OC(=O)CC(C(=O)NN1C(Cc2ccccc2)COC1(C)C)[C@]1(c2ccc(-c3ccccc3)cc2)C=CNC1. The van der Waals surface area contributed by atoms with Crippen molar-refractivity contribution in [2.45, 2.75) is 70.2 Å². The summed E-state index contributed by atoms with van der Waals surface area (Å²) in [4.78, 5) is 27.8. The normalized spacial score (nSPS) is 22.1. The van der Waals surface area contributed by atoms with E-state index in [1.807, 2.05) is 88.3 Å². The summed E-state index contributed by atoms with van der Waals surface area (Å²) in [5, 5.41) is 5.23. The average Bonchev–Trinajstić information content (AvgIpc) is 3.58. The number of esters is 1. The molecule has 0 saturated carbocycles. The highest BCUT2D eigenvalue weighted by Crippen LogP contribution is 2.40. The number of amides is 1. The van der Waals surface area contributed by atoms with Crippen LogP contribution in [-0.2, 0) is 30.9 Å². The summed E-state index contributed by atoms with van der Waals surface area (Å²) in [6.45, 7) is 10.4. The quantitative estimate of drug-likeness (QED) is 0.313. The molecule has 3 aromatic rings. The van der Waals surface area contributed by atoms with Crippen LogP contribution in [0, 0.1) is 5.92 Å². The molecule has 2 aliphatic heterocycles. The predicted molar refractivity (Wildman–Crippen MR) is 169 cm³/mol. The van der Waals surface area contributed by atoms with Crippen LogP contribution in [0.3, 0.4) is 0 Å². The molecule has 1 saturated heterocycles. The number of rotatable bonds is 9. The summed E-state index contributed by atoms with van der Waals surface area (Å²) in [5.41, 5.74) is 5.38. The van der Waals surface area contributed by atoms with Crippen molar-refractivity contribution in [1.82, 2.24) is 15.8 Å². The van der Waals surface area contributed by atoms with Gasteiger partial charge in [-0.05, 0) is 69.5 Å². The first kappa shape index (κ1) is 30.5. The van der Waals surface area contributed by atoms with Crippen molar-refractivity contribution in [3.63, 3.8) is 0 Å². The zero-order valence-corrected chi connectivity index (χ0v) is 25.8. The van der Waals surface area contributed by atoms with Crippen molar-refractivity contribution in [3.8, 4) is 11.1 Å². The summed E-state index contributed by atoms with van der Waals surface area (Å²) < 4.78 is 11.9. The Kier molecular flexibility index (Phi) is 8.76. The van der Waals surface area contributed by atoms with Gasteiger partial charge in [0.1, 0.15) is 11.3 Å². The molecule has 2 unspecified atom stereocenters. The third-order valence-electron chi connectivity index (χ3n) is 8.27. The maximum absolute atomic E-state index is 14.5. The minimum atomic E-state index is -0.768. The molecule has 1 amide bonds. The van der Waals surface area contributed by atoms with Crippen molar-refractivity contribution >= 4 is 11.9 Å². The fraction of sp³-hybridized carbons (Fsp3) is 0.389. The Bertz CT molecular complexity index is 1430. The Labute approximate surface area is 255 Å². The number of hydrazine groups is 1. The van der Waals surface area contributed by atoms with Crippen LogP contribution in [0.1, 0.15) is 52.2 Å². The van der Waals surface area contributed by atoms with Crippen LogP contribution in [0.2, 0.25) is 0 Å². The number of nitrogens with zero attached hydrogens (tertiary/aromatic N) is 1. The van der Waals surface area contributed by atoms with Crippen molar-refractivity contribution in [1.29, 1.82) is 0 Å². The standard InChI is InChI=1S/C36H43N3O4/c1-34(2,3)43-32(40)23-31(33(41)38-39-30(24-42-35(39,4)5)22-26-12-8-6-9-13-26)36(20-21-37-25-36)29-18-16-28(17-19-29)27-14-10-7-11-15-27/h6-21,30-31,37H,22-25H2,1-5H3,(H,38,41)/t30?,31?,36-/m1/s1. The van der Waals surface area contributed by atoms with Gasteiger partial charge in [-0.2, -0.15) is 5.01 Å². The van der Waals surface area contributed by atoms with Crippen LogP contribution in [-0.4, -0.2) is 47.4 Å². The minimum absolute atomic E-state index is 0.0677. The molecule has 0 aliphatic carbocycles. The molecule has 0 aromatic heterocycles. The first-order valence-corrected chi connectivity index (χ1v) is 15.0. The molecule has 2 N–H and O–H groups in total. The molecular weight excluding hydrogens is 538 g/mol. The van der Waals surface area contributed by atoms with Gasteiger partial charge in [0.15, 0.2) is 0 Å². The topological polar surface area (TPSA) is 79.9 Å². The van der Waals surface area contributed by atoms with Gasteiger partial charge in [-0.1, -0.05) is 91.0 Å². The second-order valence-electron chi connectivity index (χ2n) is 13.0. The molecular formula is C36H43N3O4. The number of hydrogen-bond acceptors (Lipinski definition) is 6. The lowest BCUT2D eigenvalue weighted by atomic mass is 9.69. The van der Waals surface area contributed by atoms with Crippen molar-refractivity contribution in [2.24, 2.45) is 5.92 Å². The number of ether oxygens (including phenoxy) is 2. The smallest absolute Gasteiger partial charge is 0.307 e. The van der Waals surface area contributed by atoms with E-state index in [1.54, 1.807) is 0 Å². The molecule has 5 rings (SSSR count). The summed E-state index contributed by atoms with van der Waals surface area (Å²) in [5.74, 6) is -1.40. The van der Waals surface area contributed by atoms with Crippen LogP contribution in [0.4, 0.5) is 0 Å². The van der Waals surface area contributed by atoms with Crippen LogP contribution in [0.5, 0.6) is 0 Å². The van der Waals surface area contributed by atoms with Gasteiger partial charge in [0.25, 0.3) is 0 Å². The molecule has 0 spiro atoms. The molecule has 7 nitrogen and oxygen atoms in total. The van der Waals surface area contributed by atoms with E-state index < -0.39 is 28.6 Å². The van der Waals surface area contributed by atoms with Crippen LogP contribution >= 0.6 is 0 Å². The molecule has 2 aliphatic rings. The van der Waals surface area contributed by atoms with E-state index in [2.05, 4.69) is 59.3 Å². The average molecular weight is 582 g/mol. The number of carbonyl (C=O) groups excluding carboxylic acids is 2. The Morgan fingerprint density at radius 2 is 1.60 bits per heavy atom. The van der Waals surface area contributed by atoms with Crippen LogP contribution in [0.15, 0.2) is 97.2 Å². The van der Waals surface area contributed by atoms with Gasteiger partial charge in [-0.15, -0.1) is 0 Å². The zero-order valence-electron chi connectivity index (χ0n) is 25.8. The van der Waals surface area contributed by atoms with Gasteiger partial charge in [-0.3, -0.25) is 15.0 Å². The second-order valence-corrected chi connectivity index (χ2v) is 13.0. The maximum Gasteiger partial charge on any atom is 0.307 e. The predicted octanol–water partition coefficient (Wildman–Crippen LogP) is 5.77. The van der Waals surface area contributed by atoms with Crippen molar-refractivity contribution < 1.29 is 19.1 Å². The summed E-state index contributed by atoms with van der Waals surface area (Å²) in [6, 6.07) is 28.6. The van der Waals surface area contributed by atoms with E-state index >= 15 is 0 Å². The van der Waals surface area contributed by atoms with E-state index in [0.29, 0.717) is 13.2 Å². The Morgan fingerprint density at radius 3 is 2.21 bits per heavy atom.